The number of rotatable bonds is 5. The highest BCUT2D eigenvalue weighted by atomic mass is 16.6. The van der Waals surface area contributed by atoms with Crippen LogP contribution in [0.1, 0.15) is 40.4 Å². The van der Waals surface area contributed by atoms with Crippen LogP contribution in [0.15, 0.2) is 42.5 Å². The minimum Gasteiger partial charge on any atom is -0.486 e. The van der Waals surface area contributed by atoms with Gasteiger partial charge in [0.05, 0.1) is 0 Å². The zero-order valence-corrected chi connectivity index (χ0v) is 15.8. The van der Waals surface area contributed by atoms with Crippen molar-refractivity contribution in [2.24, 2.45) is 0 Å². The van der Waals surface area contributed by atoms with Gasteiger partial charge in [-0.2, -0.15) is 0 Å². The molecule has 5 nitrogen and oxygen atoms in total. The Morgan fingerprint density at radius 3 is 2.64 bits per heavy atom. The number of benzene rings is 2. The SMILES string of the molecule is C[C@H](OC(=O)/C=C/c1ccc2c(c1)OCCO2)C(=O)c1ccc2c(c1)CCC2. The molecule has 0 aromatic heterocycles. The summed E-state index contributed by atoms with van der Waals surface area (Å²) in [6, 6.07) is 11.2. The lowest BCUT2D eigenvalue weighted by Gasteiger charge is -2.18. The number of carbonyl (C=O) groups is 2. The van der Waals surface area contributed by atoms with Gasteiger partial charge in [0.25, 0.3) is 0 Å². The summed E-state index contributed by atoms with van der Waals surface area (Å²) in [5, 5.41) is 0. The van der Waals surface area contributed by atoms with Gasteiger partial charge in [0, 0.05) is 11.6 Å². The van der Waals surface area contributed by atoms with Crippen molar-refractivity contribution in [1.82, 2.24) is 0 Å². The van der Waals surface area contributed by atoms with Crippen molar-refractivity contribution in [1.29, 1.82) is 0 Å². The van der Waals surface area contributed by atoms with E-state index in [0.29, 0.717) is 30.3 Å². The van der Waals surface area contributed by atoms with E-state index in [0.717, 1.165) is 24.8 Å². The molecule has 2 aliphatic rings. The Labute approximate surface area is 163 Å². The van der Waals surface area contributed by atoms with Gasteiger partial charge in [-0.05, 0) is 67.2 Å². The molecule has 1 aliphatic carbocycles. The largest absolute Gasteiger partial charge is 0.486 e. The number of carbonyl (C=O) groups excluding carboxylic acids is 2. The molecule has 0 amide bonds. The second-order valence-corrected chi connectivity index (χ2v) is 7.02. The smallest absolute Gasteiger partial charge is 0.331 e. The van der Waals surface area contributed by atoms with Crippen LogP contribution in [0.5, 0.6) is 11.5 Å². The third-order valence-corrected chi connectivity index (χ3v) is 5.02. The van der Waals surface area contributed by atoms with Crippen LogP contribution in [0.4, 0.5) is 0 Å². The van der Waals surface area contributed by atoms with Gasteiger partial charge in [-0.1, -0.05) is 18.2 Å². The highest BCUT2D eigenvalue weighted by molar-refractivity contribution is 6.01. The first-order valence-electron chi connectivity index (χ1n) is 9.54. The fraction of sp³-hybridized carbons (Fsp3) is 0.304. The Hall–Kier alpha value is -3.08. The molecule has 0 unspecified atom stereocenters. The van der Waals surface area contributed by atoms with Crippen LogP contribution < -0.4 is 9.47 Å². The normalized spacial score (nSPS) is 15.9. The van der Waals surface area contributed by atoms with Crippen LogP contribution in [0.2, 0.25) is 0 Å². The number of ketones is 1. The number of ether oxygens (including phenoxy) is 3. The number of aryl methyl sites for hydroxylation is 2. The summed E-state index contributed by atoms with van der Waals surface area (Å²) in [4.78, 5) is 24.7. The maximum absolute atomic E-state index is 12.6. The Morgan fingerprint density at radius 2 is 1.79 bits per heavy atom. The van der Waals surface area contributed by atoms with E-state index in [1.165, 1.54) is 17.2 Å². The first-order chi connectivity index (χ1) is 13.6. The molecule has 0 N–H and O–H groups in total. The van der Waals surface area contributed by atoms with Crippen molar-refractivity contribution in [3.05, 3.63) is 64.7 Å². The second-order valence-electron chi connectivity index (χ2n) is 7.02. The summed E-state index contributed by atoms with van der Waals surface area (Å²) in [5.74, 6) is 0.606. The summed E-state index contributed by atoms with van der Waals surface area (Å²) in [7, 11) is 0. The lowest BCUT2D eigenvalue weighted by atomic mass is 10.0. The highest BCUT2D eigenvalue weighted by Gasteiger charge is 2.21. The molecular weight excluding hydrogens is 356 g/mol. The van der Waals surface area contributed by atoms with Crippen molar-refractivity contribution < 1.29 is 23.8 Å². The van der Waals surface area contributed by atoms with Gasteiger partial charge in [0.1, 0.15) is 13.2 Å². The molecule has 144 valence electrons. The number of esters is 1. The molecule has 0 bridgehead atoms. The molecule has 5 heteroatoms. The molecule has 0 saturated heterocycles. The van der Waals surface area contributed by atoms with Crippen molar-refractivity contribution in [3.63, 3.8) is 0 Å². The number of hydrogen-bond acceptors (Lipinski definition) is 5. The first-order valence-corrected chi connectivity index (χ1v) is 9.54. The summed E-state index contributed by atoms with van der Waals surface area (Å²) >= 11 is 0. The van der Waals surface area contributed by atoms with E-state index in [1.807, 2.05) is 24.3 Å². The van der Waals surface area contributed by atoms with Crippen LogP contribution in [0.3, 0.4) is 0 Å². The van der Waals surface area contributed by atoms with E-state index in [1.54, 1.807) is 25.1 Å². The van der Waals surface area contributed by atoms with Crippen molar-refractivity contribution in [2.75, 3.05) is 13.2 Å². The van der Waals surface area contributed by atoms with Crippen LogP contribution in [0, 0.1) is 0 Å². The summed E-state index contributed by atoms with van der Waals surface area (Å²) in [6.45, 7) is 2.64. The summed E-state index contributed by atoms with van der Waals surface area (Å²) < 4.78 is 16.3. The molecule has 0 spiro atoms. The maximum atomic E-state index is 12.6. The van der Waals surface area contributed by atoms with Crippen molar-refractivity contribution in [3.8, 4) is 11.5 Å². The first kappa shape index (κ1) is 18.3. The van der Waals surface area contributed by atoms with E-state index in [-0.39, 0.29) is 5.78 Å². The topological polar surface area (TPSA) is 61.8 Å². The Morgan fingerprint density at radius 1 is 1.00 bits per heavy atom. The highest BCUT2D eigenvalue weighted by Crippen LogP contribution is 2.31. The lowest BCUT2D eigenvalue weighted by molar-refractivity contribution is -0.140. The minimum atomic E-state index is -0.836. The van der Waals surface area contributed by atoms with Gasteiger partial charge in [-0.25, -0.2) is 4.79 Å². The lowest BCUT2D eigenvalue weighted by Crippen LogP contribution is -2.23. The van der Waals surface area contributed by atoms with Crippen molar-refractivity contribution in [2.45, 2.75) is 32.3 Å². The van der Waals surface area contributed by atoms with Crippen LogP contribution in [0.25, 0.3) is 6.08 Å². The number of hydrogen-bond donors (Lipinski definition) is 0. The van der Waals surface area contributed by atoms with Crippen LogP contribution in [-0.2, 0) is 22.4 Å². The second kappa shape index (κ2) is 7.89. The molecule has 2 aromatic carbocycles. The monoisotopic (exact) mass is 378 g/mol. The fourth-order valence-corrected chi connectivity index (χ4v) is 3.55. The van der Waals surface area contributed by atoms with Gasteiger partial charge >= 0.3 is 5.97 Å². The zero-order chi connectivity index (χ0) is 19.5. The predicted octanol–water partition coefficient (Wildman–Crippen LogP) is 3.77. The molecule has 2 aromatic rings. The molecular formula is C23H22O5. The Balaban J connectivity index is 1.37. The van der Waals surface area contributed by atoms with Gasteiger partial charge < -0.3 is 14.2 Å². The van der Waals surface area contributed by atoms with Crippen LogP contribution >= 0.6 is 0 Å². The van der Waals surface area contributed by atoms with E-state index >= 15 is 0 Å². The number of fused-ring (bicyclic) bond motifs is 2. The maximum Gasteiger partial charge on any atom is 0.331 e. The van der Waals surface area contributed by atoms with Gasteiger partial charge in [-0.3, -0.25) is 4.79 Å². The summed E-state index contributed by atoms with van der Waals surface area (Å²) in [6.07, 6.45) is 5.31. The molecule has 28 heavy (non-hydrogen) atoms. The fourth-order valence-electron chi connectivity index (χ4n) is 3.55. The van der Waals surface area contributed by atoms with Gasteiger partial charge in [0.15, 0.2) is 17.6 Å². The third-order valence-electron chi connectivity index (χ3n) is 5.02. The molecule has 1 heterocycles. The molecule has 0 fully saturated rings. The summed E-state index contributed by atoms with van der Waals surface area (Å²) in [5.41, 5.74) is 3.92. The van der Waals surface area contributed by atoms with Crippen molar-refractivity contribution >= 4 is 17.8 Å². The van der Waals surface area contributed by atoms with E-state index < -0.39 is 12.1 Å². The average Bonchev–Trinajstić information content (AvgIpc) is 3.19. The Kier molecular flexibility index (Phi) is 5.15. The minimum absolute atomic E-state index is 0.184. The molecule has 4 rings (SSSR count). The van der Waals surface area contributed by atoms with Gasteiger partial charge in [-0.15, -0.1) is 0 Å². The average molecular weight is 378 g/mol. The molecule has 1 aliphatic heterocycles. The van der Waals surface area contributed by atoms with E-state index in [9.17, 15) is 9.59 Å². The van der Waals surface area contributed by atoms with E-state index in [2.05, 4.69) is 0 Å². The zero-order valence-electron chi connectivity index (χ0n) is 15.8. The molecule has 1 atom stereocenters. The third kappa shape index (κ3) is 3.93. The quantitative estimate of drug-likeness (QED) is 0.450. The van der Waals surface area contributed by atoms with Crippen LogP contribution in [-0.4, -0.2) is 31.1 Å². The molecule has 0 radical (unpaired) electrons. The van der Waals surface area contributed by atoms with E-state index in [4.69, 9.17) is 14.2 Å². The van der Waals surface area contributed by atoms with Gasteiger partial charge in [0.2, 0.25) is 5.78 Å². The standard InChI is InChI=1S/C23H22O5/c1-15(23(25)19-8-7-17-3-2-4-18(17)14-19)28-22(24)10-6-16-5-9-20-21(13-16)27-12-11-26-20/h5-10,13-15H,2-4,11-12H2,1H3/b10-6+/t15-/m0/s1. The number of Topliss-reactive ketones (excluding diaryl/α,β-unsaturated/α-hetero) is 1. The Bertz CT molecular complexity index is 944. The molecule has 0 saturated carbocycles. The predicted molar refractivity (Wildman–Crippen MR) is 105 cm³/mol.